The summed E-state index contributed by atoms with van der Waals surface area (Å²) in [5, 5.41) is 7.68. The van der Waals surface area contributed by atoms with Gasteiger partial charge in [-0.15, -0.1) is 0 Å². The first-order valence-electron chi connectivity index (χ1n) is 6.60. The van der Waals surface area contributed by atoms with E-state index in [2.05, 4.69) is 15.8 Å². The van der Waals surface area contributed by atoms with Crippen LogP contribution in [-0.4, -0.2) is 17.4 Å². The zero-order valence-electron chi connectivity index (χ0n) is 10.7. The van der Waals surface area contributed by atoms with Crippen molar-refractivity contribution in [2.45, 2.75) is 38.1 Å². The standard InChI is InChI=1S/C14H18FN3S/c15-13-9-5-4-6-11(13)10-16-18-14(19)17-12-7-2-1-3-8-12/h4-6,9-10,12H,1-3,7-8H2,(H2,17,18,19). The molecule has 0 spiro atoms. The second-order valence-electron chi connectivity index (χ2n) is 4.70. The van der Waals surface area contributed by atoms with Crippen LogP contribution in [0.1, 0.15) is 37.7 Å². The van der Waals surface area contributed by atoms with Gasteiger partial charge in [-0.25, -0.2) is 4.39 Å². The van der Waals surface area contributed by atoms with Crippen LogP contribution in [0.3, 0.4) is 0 Å². The molecular weight excluding hydrogens is 261 g/mol. The van der Waals surface area contributed by atoms with Crippen molar-refractivity contribution in [3.8, 4) is 0 Å². The third kappa shape index (κ3) is 4.59. The molecule has 0 saturated heterocycles. The average molecular weight is 279 g/mol. The number of thiocarbonyl (C=S) groups is 1. The van der Waals surface area contributed by atoms with Crippen LogP contribution >= 0.6 is 12.2 Å². The van der Waals surface area contributed by atoms with Gasteiger partial charge in [-0.05, 0) is 31.1 Å². The van der Waals surface area contributed by atoms with Gasteiger partial charge in [0.15, 0.2) is 5.11 Å². The van der Waals surface area contributed by atoms with E-state index in [9.17, 15) is 4.39 Å². The third-order valence-corrected chi connectivity index (χ3v) is 3.42. The van der Waals surface area contributed by atoms with Crippen molar-refractivity contribution in [2.75, 3.05) is 0 Å². The van der Waals surface area contributed by atoms with Crippen molar-refractivity contribution >= 4 is 23.5 Å². The molecule has 0 aromatic heterocycles. The highest BCUT2D eigenvalue weighted by Gasteiger charge is 2.13. The van der Waals surface area contributed by atoms with Crippen molar-refractivity contribution in [1.29, 1.82) is 0 Å². The molecule has 3 nitrogen and oxygen atoms in total. The first-order chi connectivity index (χ1) is 9.25. The fraction of sp³-hybridized carbons (Fsp3) is 0.429. The summed E-state index contributed by atoms with van der Waals surface area (Å²) in [4.78, 5) is 0. The predicted octanol–water partition coefficient (Wildman–Crippen LogP) is 2.96. The molecular formula is C14H18FN3S. The highest BCUT2D eigenvalue weighted by Crippen LogP contribution is 2.17. The monoisotopic (exact) mass is 279 g/mol. The third-order valence-electron chi connectivity index (χ3n) is 3.22. The maximum atomic E-state index is 13.3. The van der Waals surface area contributed by atoms with Gasteiger partial charge in [0.1, 0.15) is 5.82 Å². The summed E-state index contributed by atoms with van der Waals surface area (Å²) in [7, 11) is 0. The summed E-state index contributed by atoms with van der Waals surface area (Å²) in [6.45, 7) is 0. The summed E-state index contributed by atoms with van der Waals surface area (Å²) >= 11 is 5.15. The Balaban J connectivity index is 1.78. The van der Waals surface area contributed by atoms with Crippen molar-refractivity contribution in [3.63, 3.8) is 0 Å². The smallest absolute Gasteiger partial charge is 0.187 e. The van der Waals surface area contributed by atoms with Gasteiger partial charge in [-0.1, -0.05) is 37.5 Å². The molecule has 0 amide bonds. The van der Waals surface area contributed by atoms with Gasteiger partial charge < -0.3 is 5.32 Å². The van der Waals surface area contributed by atoms with Crippen LogP contribution in [0, 0.1) is 5.82 Å². The largest absolute Gasteiger partial charge is 0.359 e. The summed E-state index contributed by atoms with van der Waals surface area (Å²) in [5.41, 5.74) is 3.17. The Morgan fingerprint density at radius 3 is 2.74 bits per heavy atom. The fourth-order valence-corrected chi connectivity index (χ4v) is 2.42. The van der Waals surface area contributed by atoms with Crippen LogP contribution in [0.15, 0.2) is 29.4 Å². The van der Waals surface area contributed by atoms with E-state index < -0.39 is 0 Å². The zero-order valence-corrected chi connectivity index (χ0v) is 11.5. The number of benzene rings is 1. The molecule has 102 valence electrons. The molecule has 0 atom stereocenters. The number of hydrogen-bond acceptors (Lipinski definition) is 2. The van der Waals surface area contributed by atoms with Crippen LogP contribution in [0.4, 0.5) is 4.39 Å². The van der Waals surface area contributed by atoms with Crippen molar-refractivity contribution in [2.24, 2.45) is 5.10 Å². The zero-order chi connectivity index (χ0) is 13.5. The molecule has 0 unspecified atom stereocenters. The van der Waals surface area contributed by atoms with E-state index in [1.807, 2.05) is 0 Å². The quantitative estimate of drug-likeness (QED) is 0.507. The summed E-state index contributed by atoms with van der Waals surface area (Å²) in [6, 6.07) is 6.92. The number of nitrogens with zero attached hydrogens (tertiary/aromatic N) is 1. The van der Waals surface area contributed by atoms with Crippen molar-refractivity contribution in [3.05, 3.63) is 35.6 Å². The second-order valence-corrected chi connectivity index (χ2v) is 5.11. The van der Waals surface area contributed by atoms with Gasteiger partial charge in [0.05, 0.1) is 6.21 Å². The predicted molar refractivity (Wildman–Crippen MR) is 79.7 cm³/mol. The van der Waals surface area contributed by atoms with E-state index in [1.165, 1.54) is 31.5 Å². The van der Waals surface area contributed by atoms with Crippen LogP contribution in [0.2, 0.25) is 0 Å². The molecule has 0 aliphatic heterocycles. The molecule has 1 aromatic carbocycles. The van der Waals surface area contributed by atoms with E-state index in [1.54, 1.807) is 18.2 Å². The second kappa shape index (κ2) is 7.19. The van der Waals surface area contributed by atoms with Gasteiger partial charge in [-0.2, -0.15) is 5.10 Å². The van der Waals surface area contributed by atoms with Gasteiger partial charge in [-0.3, -0.25) is 5.43 Å². The molecule has 1 fully saturated rings. The maximum absolute atomic E-state index is 13.3. The molecule has 0 bridgehead atoms. The molecule has 1 saturated carbocycles. The van der Waals surface area contributed by atoms with Gasteiger partial charge in [0.25, 0.3) is 0 Å². The van der Waals surface area contributed by atoms with E-state index >= 15 is 0 Å². The summed E-state index contributed by atoms with van der Waals surface area (Å²) < 4.78 is 13.3. The number of hydrazone groups is 1. The van der Waals surface area contributed by atoms with Crippen LogP contribution in [-0.2, 0) is 0 Å². The topological polar surface area (TPSA) is 36.4 Å². The fourth-order valence-electron chi connectivity index (χ4n) is 2.20. The minimum absolute atomic E-state index is 0.292. The molecule has 0 radical (unpaired) electrons. The van der Waals surface area contributed by atoms with Crippen LogP contribution in [0.5, 0.6) is 0 Å². The number of halogens is 1. The van der Waals surface area contributed by atoms with E-state index in [4.69, 9.17) is 12.2 Å². The van der Waals surface area contributed by atoms with Gasteiger partial charge >= 0.3 is 0 Å². The molecule has 1 aliphatic rings. The Hall–Kier alpha value is -1.49. The maximum Gasteiger partial charge on any atom is 0.187 e. The lowest BCUT2D eigenvalue weighted by molar-refractivity contribution is 0.412. The Morgan fingerprint density at radius 1 is 1.26 bits per heavy atom. The lowest BCUT2D eigenvalue weighted by atomic mass is 9.96. The lowest BCUT2D eigenvalue weighted by Crippen LogP contribution is -2.40. The van der Waals surface area contributed by atoms with Gasteiger partial charge in [0.2, 0.25) is 0 Å². The Bertz CT molecular complexity index is 456. The van der Waals surface area contributed by atoms with E-state index in [0.29, 0.717) is 16.7 Å². The molecule has 1 aliphatic carbocycles. The van der Waals surface area contributed by atoms with E-state index in [0.717, 1.165) is 12.8 Å². The molecule has 19 heavy (non-hydrogen) atoms. The van der Waals surface area contributed by atoms with Crippen molar-refractivity contribution < 1.29 is 4.39 Å². The molecule has 2 rings (SSSR count). The minimum Gasteiger partial charge on any atom is -0.359 e. The first-order valence-corrected chi connectivity index (χ1v) is 7.00. The number of nitrogens with one attached hydrogen (secondary N) is 2. The van der Waals surface area contributed by atoms with Crippen molar-refractivity contribution in [1.82, 2.24) is 10.7 Å². The van der Waals surface area contributed by atoms with Crippen LogP contribution in [0.25, 0.3) is 0 Å². The lowest BCUT2D eigenvalue weighted by Gasteiger charge is -2.23. The molecule has 1 aromatic rings. The van der Waals surface area contributed by atoms with E-state index in [-0.39, 0.29) is 5.82 Å². The Kier molecular flexibility index (Phi) is 5.27. The average Bonchev–Trinajstić information content (AvgIpc) is 2.42. The van der Waals surface area contributed by atoms with Crippen LogP contribution < -0.4 is 10.7 Å². The minimum atomic E-state index is -0.292. The normalized spacial score (nSPS) is 16.5. The summed E-state index contributed by atoms with van der Waals surface area (Å²) in [6.07, 6.45) is 7.54. The molecule has 0 heterocycles. The highest BCUT2D eigenvalue weighted by atomic mass is 32.1. The SMILES string of the molecule is Fc1ccccc1C=NNC(=S)NC1CCCCC1. The number of rotatable bonds is 3. The molecule has 2 N–H and O–H groups in total. The molecule has 5 heteroatoms. The number of hydrogen-bond donors (Lipinski definition) is 2. The Morgan fingerprint density at radius 2 is 2.00 bits per heavy atom. The highest BCUT2D eigenvalue weighted by molar-refractivity contribution is 7.80. The first kappa shape index (κ1) is 13.9. The van der Waals surface area contributed by atoms with Gasteiger partial charge in [0, 0.05) is 11.6 Å². The summed E-state index contributed by atoms with van der Waals surface area (Å²) in [5.74, 6) is -0.292. The Labute approximate surface area is 118 Å².